The van der Waals surface area contributed by atoms with Crippen molar-refractivity contribution in [1.82, 2.24) is 0 Å². The summed E-state index contributed by atoms with van der Waals surface area (Å²) in [6.07, 6.45) is -1.40. The van der Waals surface area contributed by atoms with E-state index in [2.05, 4.69) is 0 Å². The summed E-state index contributed by atoms with van der Waals surface area (Å²) in [6.45, 7) is 13.5. The van der Waals surface area contributed by atoms with Crippen molar-refractivity contribution >= 4 is 0 Å². The lowest BCUT2D eigenvalue weighted by atomic mass is 9.81. The van der Waals surface area contributed by atoms with Gasteiger partial charge in [-0.3, -0.25) is 0 Å². The maximum absolute atomic E-state index is 14.5. The van der Waals surface area contributed by atoms with E-state index in [1.807, 2.05) is 48.5 Å². The topological polar surface area (TPSA) is 44.5 Å². The number of alkyl halides is 1. The van der Waals surface area contributed by atoms with Crippen molar-refractivity contribution in [2.24, 2.45) is 11.7 Å². The van der Waals surface area contributed by atoms with E-state index in [1.165, 1.54) is 0 Å². The molecule has 1 aliphatic carbocycles. The maximum atomic E-state index is 14.5. The molecule has 0 unspecified atom stereocenters. The summed E-state index contributed by atoms with van der Waals surface area (Å²) in [5, 5.41) is 0. The standard InChI is InChI=1S/C15H30FNO2/c1-9-8-10(17)12(18-14(2,3)4)13(11(9)16)19-15(5,6)7/h9-13H,8,17H2,1-7H3/t9-,10+,11-,12-,13-/m1/s1. The average molecular weight is 275 g/mol. The Balaban J connectivity index is 2.93. The molecular weight excluding hydrogens is 245 g/mol. The maximum Gasteiger partial charge on any atom is 0.131 e. The molecular formula is C15H30FNO2. The molecule has 1 fully saturated rings. The first-order chi connectivity index (χ1) is 8.41. The second-order valence-electron chi connectivity index (χ2n) is 7.71. The summed E-state index contributed by atoms with van der Waals surface area (Å²) in [6, 6.07) is -0.187. The van der Waals surface area contributed by atoms with E-state index in [-0.39, 0.29) is 17.6 Å². The van der Waals surface area contributed by atoms with Crippen LogP contribution in [0.1, 0.15) is 54.9 Å². The van der Waals surface area contributed by atoms with Crippen molar-refractivity contribution in [2.75, 3.05) is 0 Å². The van der Waals surface area contributed by atoms with Crippen LogP contribution in [0.15, 0.2) is 0 Å². The van der Waals surface area contributed by atoms with E-state index in [0.29, 0.717) is 6.42 Å². The summed E-state index contributed by atoms with van der Waals surface area (Å²) in [4.78, 5) is 0. The molecule has 0 saturated heterocycles. The molecule has 0 aliphatic heterocycles. The van der Waals surface area contributed by atoms with Crippen LogP contribution in [0, 0.1) is 5.92 Å². The van der Waals surface area contributed by atoms with Crippen LogP contribution in [0.4, 0.5) is 4.39 Å². The molecule has 0 aromatic rings. The first kappa shape index (κ1) is 16.9. The van der Waals surface area contributed by atoms with Gasteiger partial charge in [-0.1, -0.05) is 6.92 Å². The normalized spacial score (nSPS) is 37.4. The molecule has 114 valence electrons. The van der Waals surface area contributed by atoms with Gasteiger partial charge >= 0.3 is 0 Å². The average Bonchev–Trinajstić information content (AvgIpc) is 2.17. The van der Waals surface area contributed by atoms with Crippen LogP contribution in [-0.4, -0.2) is 35.6 Å². The zero-order valence-electron chi connectivity index (χ0n) is 13.4. The molecule has 0 aromatic carbocycles. The smallest absolute Gasteiger partial charge is 0.131 e. The van der Waals surface area contributed by atoms with E-state index in [9.17, 15) is 4.39 Å². The first-order valence-corrected chi connectivity index (χ1v) is 7.16. The molecule has 2 N–H and O–H groups in total. The molecule has 0 bridgehead atoms. The number of nitrogens with two attached hydrogens (primary N) is 1. The van der Waals surface area contributed by atoms with Gasteiger partial charge in [-0.05, 0) is 53.9 Å². The zero-order chi connectivity index (χ0) is 15.0. The summed E-state index contributed by atoms with van der Waals surface area (Å²) >= 11 is 0. The highest BCUT2D eigenvalue weighted by molar-refractivity contribution is 4.97. The molecule has 0 spiro atoms. The van der Waals surface area contributed by atoms with Crippen LogP contribution in [0.25, 0.3) is 0 Å². The van der Waals surface area contributed by atoms with Gasteiger partial charge in [0.15, 0.2) is 0 Å². The van der Waals surface area contributed by atoms with E-state index in [0.717, 1.165) is 0 Å². The van der Waals surface area contributed by atoms with Gasteiger partial charge in [-0.2, -0.15) is 0 Å². The summed E-state index contributed by atoms with van der Waals surface area (Å²) in [5.74, 6) is -0.0952. The third-order valence-electron chi connectivity index (χ3n) is 3.23. The predicted molar refractivity (Wildman–Crippen MR) is 75.9 cm³/mol. The first-order valence-electron chi connectivity index (χ1n) is 7.16. The van der Waals surface area contributed by atoms with Crippen LogP contribution < -0.4 is 5.73 Å². The number of hydrogen-bond donors (Lipinski definition) is 1. The fraction of sp³-hybridized carbons (Fsp3) is 1.00. The molecule has 5 atom stereocenters. The Bertz CT molecular complexity index is 296. The van der Waals surface area contributed by atoms with Crippen LogP contribution in [0.5, 0.6) is 0 Å². The minimum atomic E-state index is -1.04. The van der Waals surface area contributed by atoms with Gasteiger partial charge in [-0.15, -0.1) is 0 Å². The number of rotatable bonds is 2. The molecule has 1 saturated carbocycles. The molecule has 19 heavy (non-hydrogen) atoms. The minimum absolute atomic E-state index is 0.0952. The highest BCUT2D eigenvalue weighted by Gasteiger charge is 2.46. The summed E-state index contributed by atoms with van der Waals surface area (Å²) in [5.41, 5.74) is 5.41. The van der Waals surface area contributed by atoms with Gasteiger partial charge in [0.05, 0.1) is 11.2 Å². The molecule has 4 heteroatoms. The fourth-order valence-electron chi connectivity index (χ4n) is 2.55. The predicted octanol–water partition coefficient (Wildman–Crippen LogP) is 3.06. The van der Waals surface area contributed by atoms with Crippen LogP contribution in [-0.2, 0) is 9.47 Å². The minimum Gasteiger partial charge on any atom is -0.368 e. The van der Waals surface area contributed by atoms with Gasteiger partial charge < -0.3 is 15.2 Å². The molecule has 1 rings (SSSR count). The Morgan fingerprint density at radius 3 is 1.79 bits per heavy atom. The van der Waals surface area contributed by atoms with E-state index < -0.39 is 24.0 Å². The third kappa shape index (κ3) is 5.01. The SMILES string of the molecule is C[C@@H]1C[C@H](N)[C@@H](OC(C)(C)C)[C@H](OC(C)(C)C)[C@@H]1F. The van der Waals surface area contributed by atoms with Crippen molar-refractivity contribution < 1.29 is 13.9 Å². The van der Waals surface area contributed by atoms with Crippen molar-refractivity contribution in [3.8, 4) is 0 Å². The lowest BCUT2D eigenvalue weighted by Crippen LogP contribution is -2.59. The number of hydrogen-bond acceptors (Lipinski definition) is 3. The lowest BCUT2D eigenvalue weighted by Gasteiger charge is -2.45. The Labute approximate surface area is 117 Å². The number of ether oxygens (including phenoxy) is 2. The second-order valence-corrected chi connectivity index (χ2v) is 7.71. The molecule has 0 radical (unpaired) electrons. The summed E-state index contributed by atoms with van der Waals surface area (Å²) < 4.78 is 26.4. The van der Waals surface area contributed by atoms with Crippen LogP contribution in [0.3, 0.4) is 0 Å². The van der Waals surface area contributed by atoms with Crippen LogP contribution >= 0.6 is 0 Å². The Morgan fingerprint density at radius 2 is 1.37 bits per heavy atom. The third-order valence-corrected chi connectivity index (χ3v) is 3.23. The zero-order valence-corrected chi connectivity index (χ0v) is 13.4. The second kappa shape index (κ2) is 5.66. The molecule has 0 aromatic heterocycles. The number of halogens is 1. The quantitative estimate of drug-likeness (QED) is 0.842. The van der Waals surface area contributed by atoms with E-state index in [4.69, 9.17) is 15.2 Å². The Hall–Kier alpha value is -0.190. The van der Waals surface area contributed by atoms with Crippen LogP contribution in [0.2, 0.25) is 0 Å². The van der Waals surface area contributed by atoms with Gasteiger partial charge in [0.25, 0.3) is 0 Å². The molecule has 0 amide bonds. The van der Waals surface area contributed by atoms with Crippen molar-refractivity contribution in [3.63, 3.8) is 0 Å². The van der Waals surface area contributed by atoms with E-state index in [1.54, 1.807) is 0 Å². The Morgan fingerprint density at radius 1 is 0.947 bits per heavy atom. The van der Waals surface area contributed by atoms with Gasteiger partial charge in [0.1, 0.15) is 18.4 Å². The monoisotopic (exact) mass is 275 g/mol. The van der Waals surface area contributed by atoms with E-state index >= 15 is 0 Å². The molecule has 3 nitrogen and oxygen atoms in total. The molecule has 1 aliphatic rings. The fourth-order valence-corrected chi connectivity index (χ4v) is 2.55. The van der Waals surface area contributed by atoms with Crippen molar-refractivity contribution in [1.29, 1.82) is 0 Å². The molecule has 0 heterocycles. The lowest BCUT2D eigenvalue weighted by molar-refractivity contribution is -0.208. The highest BCUT2D eigenvalue weighted by Crippen LogP contribution is 2.34. The summed E-state index contributed by atoms with van der Waals surface area (Å²) in [7, 11) is 0. The van der Waals surface area contributed by atoms with Gasteiger partial charge in [-0.25, -0.2) is 4.39 Å². The van der Waals surface area contributed by atoms with Crippen molar-refractivity contribution in [2.45, 2.75) is 90.5 Å². The highest BCUT2D eigenvalue weighted by atomic mass is 19.1. The van der Waals surface area contributed by atoms with Crippen molar-refractivity contribution in [3.05, 3.63) is 0 Å². The van der Waals surface area contributed by atoms with Gasteiger partial charge in [0.2, 0.25) is 0 Å². The largest absolute Gasteiger partial charge is 0.368 e. The van der Waals surface area contributed by atoms with Gasteiger partial charge in [0, 0.05) is 6.04 Å². The Kier molecular flexibility index (Phi) is 5.03.